The molecule has 1 heterocycles. The Kier molecular flexibility index (Phi) is 5.16. The second kappa shape index (κ2) is 7.93. The molecule has 30 heavy (non-hydrogen) atoms. The van der Waals surface area contributed by atoms with E-state index in [9.17, 15) is 14.9 Å². The molecule has 0 bridgehead atoms. The minimum Gasteiger partial charge on any atom is -0.268 e. The second-order valence-electron chi connectivity index (χ2n) is 6.70. The highest BCUT2D eigenvalue weighted by Gasteiger charge is 2.14. The smallest absolute Gasteiger partial charge is 0.268 e. The number of aromatic nitrogens is 2. The number of benzene rings is 3. The fraction of sp³-hybridized carbons (Fsp3) is 0.0435. The van der Waals surface area contributed by atoms with Gasteiger partial charge in [0, 0.05) is 17.2 Å². The third-order valence-electron chi connectivity index (χ3n) is 4.79. The van der Waals surface area contributed by atoms with Crippen molar-refractivity contribution < 1.29 is 4.92 Å². The van der Waals surface area contributed by atoms with Crippen LogP contribution in [0.25, 0.3) is 28.7 Å². The van der Waals surface area contributed by atoms with Crippen molar-refractivity contribution in [2.24, 2.45) is 0 Å². The fourth-order valence-electron chi connectivity index (χ4n) is 3.25. The van der Waals surface area contributed by atoms with Crippen LogP contribution in [-0.4, -0.2) is 14.5 Å². The van der Waals surface area contributed by atoms with Crippen LogP contribution in [0.1, 0.15) is 17.0 Å². The summed E-state index contributed by atoms with van der Waals surface area (Å²) in [6.45, 7) is 1.84. The van der Waals surface area contributed by atoms with Gasteiger partial charge in [-0.15, -0.1) is 0 Å². The Morgan fingerprint density at radius 1 is 1.03 bits per heavy atom. The number of rotatable bonds is 4. The highest BCUT2D eigenvalue weighted by molar-refractivity contribution is 6.31. The van der Waals surface area contributed by atoms with E-state index in [2.05, 4.69) is 4.98 Å². The first kappa shape index (κ1) is 19.5. The minimum absolute atomic E-state index is 0.00769. The quantitative estimate of drug-likeness (QED) is 0.328. The normalized spacial score (nSPS) is 11.3. The Morgan fingerprint density at radius 2 is 1.80 bits per heavy atom. The van der Waals surface area contributed by atoms with Gasteiger partial charge in [-0.2, -0.15) is 0 Å². The summed E-state index contributed by atoms with van der Waals surface area (Å²) in [4.78, 5) is 28.6. The molecule has 0 spiro atoms. The lowest BCUT2D eigenvalue weighted by molar-refractivity contribution is -0.384. The molecule has 0 radical (unpaired) electrons. The van der Waals surface area contributed by atoms with Gasteiger partial charge in [-0.25, -0.2) is 4.98 Å². The van der Waals surface area contributed by atoms with Crippen LogP contribution in [-0.2, 0) is 0 Å². The molecule has 4 rings (SSSR count). The average Bonchev–Trinajstić information content (AvgIpc) is 2.75. The van der Waals surface area contributed by atoms with E-state index in [0.717, 1.165) is 5.56 Å². The molecule has 0 saturated heterocycles. The summed E-state index contributed by atoms with van der Waals surface area (Å²) >= 11 is 6.29. The molecule has 148 valence electrons. The molecule has 3 aromatic carbocycles. The summed E-state index contributed by atoms with van der Waals surface area (Å²) in [5.41, 5.74) is 2.35. The summed E-state index contributed by atoms with van der Waals surface area (Å²) in [7, 11) is 0. The van der Waals surface area contributed by atoms with Crippen molar-refractivity contribution in [1.29, 1.82) is 0 Å². The van der Waals surface area contributed by atoms with Crippen LogP contribution >= 0.6 is 11.6 Å². The van der Waals surface area contributed by atoms with Crippen molar-refractivity contribution in [2.75, 3.05) is 0 Å². The first-order valence-corrected chi connectivity index (χ1v) is 9.53. The topological polar surface area (TPSA) is 78.0 Å². The molecule has 0 atom stereocenters. The largest absolute Gasteiger partial charge is 0.270 e. The van der Waals surface area contributed by atoms with E-state index in [1.54, 1.807) is 54.6 Å². The van der Waals surface area contributed by atoms with Crippen molar-refractivity contribution in [3.8, 4) is 5.69 Å². The Labute approximate surface area is 176 Å². The summed E-state index contributed by atoms with van der Waals surface area (Å²) in [5.74, 6) is 0.399. The summed E-state index contributed by atoms with van der Waals surface area (Å²) < 4.78 is 1.51. The van der Waals surface area contributed by atoms with Crippen molar-refractivity contribution in [3.05, 3.63) is 109 Å². The molecular formula is C23H16ClN3O3. The third-order valence-corrected chi connectivity index (χ3v) is 5.20. The van der Waals surface area contributed by atoms with Crippen molar-refractivity contribution in [1.82, 2.24) is 9.55 Å². The minimum atomic E-state index is -0.448. The van der Waals surface area contributed by atoms with E-state index in [0.29, 0.717) is 33.0 Å². The van der Waals surface area contributed by atoms with Crippen LogP contribution in [0.2, 0.25) is 5.02 Å². The first-order valence-electron chi connectivity index (χ1n) is 9.15. The van der Waals surface area contributed by atoms with Gasteiger partial charge in [0.2, 0.25) is 0 Å². The van der Waals surface area contributed by atoms with Crippen molar-refractivity contribution in [3.63, 3.8) is 0 Å². The first-order chi connectivity index (χ1) is 14.5. The van der Waals surface area contributed by atoms with Crippen molar-refractivity contribution >= 4 is 40.3 Å². The molecular weight excluding hydrogens is 402 g/mol. The van der Waals surface area contributed by atoms with Gasteiger partial charge >= 0.3 is 0 Å². The van der Waals surface area contributed by atoms with Crippen LogP contribution in [0.5, 0.6) is 0 Å². The van der Waals surface area contributed by atoms with E-state index < -0.39 is 4.92 Å². The molecule has 7 heteroatoms. The Balaban J connectivity index is 1.95. The van der Waals surface area contributed by atoms with Gasteiger partial charge in [0.1, 0.15) is 5.82 Å². The monoisotopic (exact) mass is 417 g/mol. The molecule has 6 nitrogen and oxygen atoms in total. The van der Waals surface area contributed by atoms with Gasteiger partial charge in [-0.3, -0.25) is 19.5 Å². The van der Waals surface area contributed by atoms with Gasteiger partial charge in [-0.1, -0.05) is 48.0 Å². The van der Waals surface area contributed by atoms with Gasteiger partial charge in [0.05, 0.1) is 21.5 Å². The van der Waals surface area contributed by atoms with E-state index in [-0.39, 0.29) is 11.2 Å². The maximum Gasteiger partial charge on any atom is 0.270 e. The molecule has 0 fully saturated rings. The SMILES string of the molecule is Cc1c(Cl)cccc1-n1c(C=Cc2cccc([N+](=O)[O-])c2)nc2ccccc2c1=O. The number of fused-ring (bicyclic) bond motifs is 1. The zero-order valence-corrected chi connectivity index (χ0v) is 16.7. The molecule has 0 aliphatic rings. The van der Waals surface area contributed by atoms with Crippen LogP contribution in [0.4, 0.5) is 5.69 Å². The molecule has 0 saturated carbocycles. The lowest BCUT2D eigenvalue weighted by Crippen LogP contribution is -2.23. The highest BCUT2D eigenvalue weighted by Crippen LogP contribution is 2.24. The number of hydrogen-bond acceptors (Lipinski definition) is 4. The molecule has 0 amide bonds. The summed E-state index contributed by atoms with van der Waals surface area (Å²) in [6, 6.07) is 18.7. The molecule has 4 aromatic rings. The number of halogens is 1. The number of nitro groups is 1. The van der Waals surface area contributed by atoms with E-state index >= 15 is 0 Å². The predicted molar refractivity (Wildman–Crippen MR) is 119 cm³/mol. The molecule has 1 aromatic heterocycles. The van der Waals surface area contributed by atoms with Gasteiger partial charge < -0.3 is 0 Å². The fourth-order valence-corrected chi connectivity index (χ4v) is 3.42. The van der Waals surface area contributed by atoms with E-state index in [1.807, 2.05) is 19.1 Å². The summed E-state index contributed by atoms with van der Waals surface area (Å²) in [5, 5.41) is 12.1. The Morgan fingerprint density at radius 3 is 2.60 bits per heavy atom. The zero-order chi connectivity index (χ0) is 21.3. The predicted octanol–water partition coefficient (Wildman–Crippen LogP) is 5.43. The number of para-hydroxylation sites is 1. The van der Waals surface area contributed by atoms with Crippen molar-refractivity contribution in [2.45, 2.75) is 6.92 Å². The second-order valence-corrected chi connectivity index (χ2v) is 7.10. The Bertz CT molecular complexity index is 1380. The standard InChI is InChI=1S/C23H16ClN3O3/c1-15-19(24)9-5-11-21(15)26-22(25-20-10-3-2-8-18(20)23(26)28)13-12-16-6-4-7-17(14-16)27(29)30/h2-14H,1H3. The zero-order valence-electron chi connectivity index (χ0n) is 15.9. The summed E-state index contributed by atoms with van der Waals surface area (Å²) in [6.07, 6.45) is 3.37. The van der Waals surface area contributed by atoms with Crippen LogP contribution in [0.15, 0.2) is 71.5 Å². The molecule has 0 N–H and O–H groups in total. The van der Waals surface area contributed by atoms with E-state index in [1.165, 1.54) is 16.7 Å². The average molecular weight is 418 g/mol. The number of nitrogens with zero attached hydrogens (tertiary/aromatic N) is 3. The van der Waals surface area contributed by atoms with Crippen LogP contribution in [0, 0.1) is 17.0 Å². The number of nitro benzene ring substituents is 1. The van der Waals surface area contributed by atoms with Crippen LogP contribution < -0.4 is 5.56 Å². The molecule has 0 aliphatic carbocycles. The lowest BCUT2D eigenvalue weighted by Gasteiger charge is -2.14. The molecule has 0 unspecified atom stereocenters. The van der Waals surface area contributed by atoms with Gasteiger partial charge in [-0.05, 0) is 48.4 Å². The van der Waals surface area contributed by atoms with Gasteiger partial charge in [0.15, 0.2) is 0 Å². The van der Waals surface area contributed by atoms with Crippen LogP contribution in [0.3, 0.4) is 0 Å². The highest BCUT2D eigenvalue weighted by atomic mass is 35.5. The van der Waals surface area contributed by atoms with Gasteiger partial charge in [0.25, 0.3) is 11.2 Å². The Hall–Kier alpha value is -3.77. The van der Waals surface area contributed by atoms with E-state index in [4.69, 9.17) is 11.6 Å². The number of non-ortho nitro benzene ring substituents is 1. The molecule has 0 aliphatic heterocycles. The number of hydrogen-bond donors (Lipinski definition) is 0. The third kappa shape index (κ3) is 3.60. The maximum absolute atomic E-state index is 13.3. The lowest BCUT2D eigenvalue weighted by atomic mass is 10.1. The maximum atomic E-state index is 13.3.